The Morgan fingerprint density at radius 2 is 1.80 bits per heavy atom. The second-order valence-corrected chi connectivity index (χ2v) is 5.48. The Hall–Kier alpha value is -1.70. The number of anilines is 1. The van der Waals surface area contributed by atoms with E-state index in [9.17, 15) is 13.2 Å². The summed E-state index contributed by atoms with van der Waals surface area (Å²) in [6.07, 6.45) is -4.51. The highest BCUT2D eigenvalue weighted by Gasteiger charge is 2.34. The third-order valence-corrected chi connectivity index (χ3v) is 2.95. The summed E-state index contributed by atoms with van der Waals surface area (Å²) in [5.41, 5.74) is -0.707. The zero-order chi connectivity index (χ0) is 15.5. The summed E-state index contributed by atoms with van der Waals surface area (Å²) in [6, 6.07) is 5.58. The normalized spacial score (nSPS) is 11.8. The molecule has 0 saturated carbocycles. The Bertz CT molecular complexity index is 499. The Morgan fingerprint density at radius 1 is 1.20 bits per heavy atom. The number of halogens is 3. The minimum absolute atomic E-state index is 0.0893. The Morgan fingerprint density at radius 3 is 2.20 bits per heavy atom. The van der Waals surface area contributed by atoms with E-state index in [-0.39, 0.29) is 11.6 Å². The smallest absolute Gasteiger partial charge is 0.369 e. The predicted octanol–water partition coefficient (Wildman–Crippen LogP) is 4.45. The second-order valence-electron chi connectivity index (χ2n) is 5.48. The van der Waals surface area contributed by atoms with Crippen molar-refractivity contribution in [1.29, 1.82) is 5.26 Å². The van der Waals surface area contributed by atoms with Gasteiger partial charge in [0.15, 0.2) is 0 Å². The molecule has 0 amide bonds. The minimum atomic E-state index is -4.51. The lowest BCUT2D eigenvalue weighted by Gasteiger charge is -2.31. The lowest BCUT2D eigenvalue weighted by atomic mass is 10.0. The van der Waals surface area contributed by atoms with Gasteiger partial charge in [-0.1, -0.05) is 13.8 Å². The fourth-order valence-corrected chi connectivity index (χ4v) is 2.05. The maximum atomic E-state index is 13.0. The van der Waals surface area contributed by atoms with Crippen LogP contribution in [0, 0.1) is 17.2 Å². The molecule has 0 aliphatic carbocycles. The van der Waals surface area contributed by atoms with Crippen molar-refractivity contribution in [3.05, 3.63) is 29.3 Å². The number of hydrogen-bond acceptors (Lipinski definition) is 2. The number of rotatable bonds is 4. The van der Waals surface area contributed by atoms with Crippen molar-refractivity contribution < 1.29 is 13.2 Å². The second kappa shape index (κ2) is 6.17. The molecule has 0 unspecified atom stereocenters. The zero-order valence-corrected chi connectivity index (χ0v) is 12.1. The molecule has 0 atom stereocenters. The summed E-state index contributed by atoms with van der Waals surface area (Å²) in [5.74, 6) is 0.336. The molecule has 110 valence electrons. The Labute approximate surface area is 117 Å². The first-order chi connectivity index (χ1) is 9.16. The molecule has 0 heterocycles. The van der Waals surface area contributed by atoms with Crippen molar-refractivity contribution in [1.82, 2.24) is 0 Å². The van der Waals surface area contributed by atoms with Gasteiger partial charge in [0.1, 0.15) is 0 Å². The molecule has 0 fully saturated rings. The number of nitriles is 1. The van der Waals surface area contributed by atoms with Gasteiger partial charge < -0.3 is 4.90 Å². The minimum Gasteiger partial charge on any atom is -0.369 e. The van der Waals surface area contributed by atoms with Gasteiger partial charge in [-0.15, -0.1) is 0 Å². The standard InChI is InChI=1S/C15H19F3N2/c1-10(2)9-20(11(3)4)13-6-5-12(8-19)14(7-13)15(16,17)18/h5-7,10-11H,9H2,1-4H3. The van der Waals surface area contributed by atoms with Gasteiger partial charge in [-0.2, -0.15) is 18.4 Å². The summed E-state index contributed by atoms with van der Waals surface area (Å²) < 4.78 is 38.9. The van der Waals surface area contributed by atoms with Crippen molar-refractivity contribution in [3.63, 3.8) is 0 Å². The number of hydrogen-bond donors (Lipinski definition) is 0. The van der Waals surface area contributed by atoms with Gasteiger partial charge in [-0.05, 0) is 38.0 Å². The molecule has 1 aromatic carbocycles. The molecular formula is C15H19F3N2. The van der Waals surface area contributed by atoms with Crippen LogP contribution in [0.4, 0.5) is 18.9 Å². The molecule has 0 N–H and O–H groups in total. The molecule has 2 nitrogen and oxygen atoms in total. The number of nitrogens with zero attached hydrogens (tertiary/aromatic N) is 2. The lowest BCUT2D eigenvalue weighted by Crippen LogP contribution is -2.34. The highest BCUT2D eigenvalue weighted by molar-refractivity contribution is 5.55. The van der Waals surface area contributed by atoms with Crippen molar-refractivity contribution in [2.45, 2.75) is 39.9 Å². The maximum absolute atomic E-state index is 13.0. The highest BCUT2D eigenvalue weighted by Crippen LogP contribution is 2.34. The molecule has 20 heavy (non-hydrogen) atoms. The van der Waals surface area contributed by atoms with E-state index in [1.54, 1.807) is 12.1 Å². The van der Waals surface area contributed by atoms with Crippen LogP contribution in [0.15, 0.2) is 18.2 Å². The monoisotopic (exact) mass is 284 g/mol. The molecule has 0 aromatic heterocycles. The van der Waals surface area contributed by atoms with Crippen LogP contribution in [0.3, 0.4) is 0 Å². The zero-order valence-electron chi connectivity index (χ0n) is 12.1. The average molecular weight is 284 g/mol. The Balaban J connectivity index is 3.29. The third kappa shape index (κ3) is 3.89. The molecular weight excluding hydrogens is 265 g/mol. The van der Waals surface area contributed by atoms with E-state index in [1.807, 2.05) is 32.6 Å². The van der Waals surface area contributed by atoms with Crippen LogP contribution in [0.2, 0.25) is 0 Å². The maximum Gasteiger partial charge on any atom is 0.417 e. The molecule has 0 bridgehead atoms. The fourth-order valence-electron chi connectivity index (χ4n) is 2.05. The molecule has 0 spiro atoms. The first kappa shape index (κ1) is 16.4. The molecule has 0 saturated heterocycles. The Kier molecular flexibility index (Phi) is 5.04. The van der Waals surface area contributed by atoms with E-state index in [1.165, 1.54) is 6.07 Å². The van der Waals surface area contributed by atoms with E-state index in [4.69, 9.17) is 5.26 Å². The van der Waals surface area contributed by atoms with Crippen molar-refractivity contribution in [2.24, 2.45) is 5.92 Å². The summed E-state index contributed by atoms with van der Waals surface area (Å²) in [7, 11) is 0. The SMILES string of the molecule is CC(C)CN(c1ccc(C#N)c(C(F)(F)F)c1)C(C)C. The van der Waals surface area contributed by atoms with E-state index < -0.39 is 11.7 Å². The van der Waals surface area contributed by atoms with Gasteiger partial charge in [0.2, 0.25) is 0 Å². The van der Waals surface area contributed by atoms with E-state index >= 15 is 0 Å². The summed E-state index contributed by atoms with van der Waals surface area (Å²) in [4.78, 5) is 1.92. The van der Waals surface area contributed by atoms with Crippen LogP contribution >= 0.6 is 0 Å². The molecule has 0 radical (unpaired) electrons. The van der Waals surface area contributed by atoms with Crippen molar-refractivity contribution >= 4 is 5.69 Å². The van der Waals surface area contributed by atoms with E-state index in [0.29, 0.717) is 18.2 Å². The highest BCUT2D eigenvalue weighted by atomic mass is 19.4. The molecule has 0 aliphatic heterocycles. The molecule has 1 aromatic rings. The van der Waals surface area contributed by atoms with Gasteiger partial charge in [0.25, 0.3) is 0 Å². The van der Waals surface area contributed by atoms with Gasteiger partial charge >= 0.3 is 6.18 Å². The van der Waals surface area contributed by atoms with Gasteiger partial charge in [-0.3, -0.25) is 0 Å². The van der Waals surface area contributed by atoms with Gasteiger partial charge in [-0.25, -0.2) is 0 Å². The lowest BCUT2D eigenvalue weighted by molar-refractivity contribution is -0.137. The molecule has 5 heteroatoms. The van der Waals surface area contributed by atoms with Crippen LogP contribution in [-0.2, 0) is 6.18 Å². The van der Waals surface area contributed by atoms with Crippen molar-refractivity contribution in [2.75, 3.05) is 11.4 Å². The van der Waals surface area contributed by atoms with Gasteiger partial charge in [0, 0.05) is 18.3 Å². The quantitative estimate of drug-likeness (QED) is 0.817. The number of benzene rings is 1. The first-order valence-corrected chi connectivity index (χ1v) is 6.54. The van der Waals surface area contributed by atoms with Crippen LogP contribution in [0.5, 0.6) is 0 Å². The van der Waals surface area contributed by atoms with E-state index in [2.05, 4.69) is 0 Å². The van der Waals surface area contributed by atoms with Crippen LogP contribution in [-0.4, -0.2) is 12.6 Å². The fraction of sp³-hybridized carbons (Fsp3) is 0.533. The predicted molar refractivity (Wildman–Crippen MR) is 73.5 cm³/mol. The largest absolute Gasteiger partial charge is 0.417 e. The number of alkyl halides is 3. The summed E-state index contributed by atoms with van der Waals surface area (Å²) >= 11 is 0. The topological polar surface area (TPSA) is 27.0 Å². The molecule has 1 rings (SSSR count). The van der Waals surface area contributed by atoms with Crippen LogP contribution in [0.1, 0.15) is 38.8 Å². The van der Waals surface area contributed by atoms with Crippen LogP contribution < -0.4 is 4.90 Å². The molecule has 0 aliphatic rings. The average Bonchev–Trinajstić information content (AvgIpc) is 2.33. The van der Waals surface area contributed by atoms with E-state index in [0.717, 1.165) is 6.07 Å². The van der Waals surface area contributed by atoms with Gasteiger partial charge in [0.05, 0.1) is 17.2 Å². The third-order valence-electron chi connectivity index (χ3n) is 2.95. The van der Waals surface area contributed by atoms with Crippen molar-refractivity contribution in [3.8, 4) is 6.07 Å². The van der Waals surface area contributed by atoms with Crippen LogP contribution in [0.25, 0.3) is 0 Å². The first-order valence-electron chi connectivity index (χ1n) is 6.54. The summed E-state index contributed by atoms with van der Waals surface area (Å²) in [6.45, 7) is 8.58. The summed E-state index contributed by atoms with van der Waals surface area (Å²) in [5, 5.41) is 8.80.